The standard InChI is InChI=1S/C16H19ClFN3/c1-3-6-19-15(16-20-9-11(2)10-21-16)8-12-7-13(17)4-5-14(12)18/h4-5,7,9-10,15,19H,3,6,8H2,1-2H3. The van der Waals surface area contributed by atoms with Crippen LogP contribution in [0.15, 0.2) is 30.6 Å². The van der Waals surface area contributed by atoms with Gasteiger partial charge in [-0.25, -0.2) is 14.4 Å². The van der Waals surface area contributed by atoms with Crippen molar-refractivity contribution in [3.8, 4) is 0 Å². The van der Waals surface area contributed by atoms with E-state index in [0.717, 1.165) is 18.5 Å². The average Bonchev–Trinajstić information content (AvgIpc) is 2.48. The van der Waals surface area contributed by atoms with Crippen LogP contribution in [0.3, 0.4) is 0 Å². The monoisotopic (exact) mass is 307 g/mol. The molecule has 2 aromatic rings. The van der Waals surface area contributed by atoms with E-state index in [1.165, 1.54) is 6.07 Å². The number of benzene rings is 1. The molecule has 5 heteroatoms. The number of aromatic nitrogens is 2. The van der Waals surface area contributed by atoms with Gasteiger partial charge in [-0.1, -0.05) is 18.5 Å². The van der Waals surface area contributed by atoms with Crippen molar-refractivity contribution in [2.45, 2.75) is 32.7 Å². The Kier molecular flexibility index (Phi) is 5.65. The highest BCUT2D eigenvalue weighted by molar-refractivity contribution is 6.30. The molecular formula is C16H19ClFN3. The molecule has 0 radical (unpaired) electrons. The molecule has 112 valence electrons. The second kappa shape index (κ2) is 7.48. The van der Waals surface area contributed by atoms with Crippen molar-refractivity contribution in [3.63, 3.8) is 0 Å². The minimum Gasteiger partial charge on any atom is -0.307 e. The van der Waals surface area contributed by atoms with Gasteiger partial charge in [-0.05, 0) is 55.6 Å². The number of rotatable bonds is 6. The number of nitrogens with zero attached hydrogens (tertiary/aromatic N) is 2. The van der Waals surface area contributed by atoms with Crippen LogP contribution in [0.5, 0.6) is 0 Å². The van der Waals surface area contributed by atoms with Crippen LogP contribution in [0, 0.1) is 12.7 Å². The van der Waals surface area contributed by atoms with Gasteiger partial charge in [0.1, 0.15) is 11.6 Å². The number of halogens is 2. The lowest BCUT2D eigenvalue weighted by Gasteiger charge is -2.18. The molecule has 1 aromatic heterocycles. The summed E-state index contributed by atoms with van der Waals surface area (Å²) in [4.78, 5) is 8.70. The van der Waals surface area contributed by atoms with E-state index in [1.54, 1.807) is 24.5 Å². The van der Waals surface area contributed by atoms with Crippen molar-refractivity contribution >= 4 is 11.6 Å². The fourth-order valence-electron chi connectivity index (χ4n) is 2.08. The van der Waals surface area contributed by atoms with Crippen LogP contribution in [0.4, 0.5) is 4.39 Å². The molecular weight excluding hydrogens is 289 g/mol. The summed E-state index contributed by atoms with van der Waals surface area (Å²) in [5.74, 6) is 0.420. The first-order chi connectivity index (χ1) is 10.1. The molecule has 1 unspecified atom stereocenters. The molecule has 0 bridgehead atoms. The van der Waals surface area contributed by atoms with Crippen LogP contribution in [-0.2, 0) is 6.42 Å². The first-order valence-corrected chi connectivity index (χ1v) is 7.43. The molecule has 0 spiro atoms. The van der Waals surface area contributed by atoms with Gasteiger partial charge in [0, 0.05) is 17.4 Å². The highest BCUT2D eigenvalue weighted by Gasteiger charge is 2.16. The quantitative estimate of drug-likeness (QED) is 0.880. The van der Waals surface area contributed by atoms with Gasteiger partial charge in [-0.3, -0.25) is 0 Å². The molecule has 1 N–H and O–H groups in total. The van der Waals surface area contributed by atoms with E-state index in [0.29, 0.717) is 22.8 Å². The topological polar surface area (TPSA) is 37.8 Å². The Morgan fingerprint density at radius 3 is 2.67 bits per heavy atom. The Morgan fingerprint density at radius 2 is 2.00 bits per heavy atom. The summed E-state index contributed by atoms with van der Waals surface area (Å²) < 4.78 is 13.9. The molecule has 3 nitrogen and oxygen atoms in total. The first kappa shape index (κ1) is 15.9. The van der Waals surface area contributed by atoms with Crippen LogP contribution in [0.2, 0.25) is 5.02 Å². The lowest BCUT2D eigenvalue weighted by molar-refractivity contribution is 0.491. The third-order valence-corrected chi connectivity index (χ3v) is 3.42. The van der Waals surface area contributed by atoms with Crippen molar-refractivity contribution in [2.24, 2.45) is 0 Å². The molecule has 0 saturated carbocycles. The minimum absolute atomic E-state index is 0.126. The Hall–Kier alpha value is -1.52. The number of hydrogen-bond donors (Lipinski definition) is 1. The molecule has 1 atom stereocenters. The molecule has 2 rings (SSSR count). The molecule has 0 fully saturated rings. The van der Waals surface area contributed by atoms with Crippen LogP contribution in [-0.4, -0.2) is 16.5 Å². The Balaban J connectivity index is 2.23. The highest BCUT2D eigenvalue weighted by Crippen LogP contribution is 2.21. The zero-order valence-corrected chi connectivity index (χ0v) is 13.0. The third kappa shape index (κ3) is 4.48. The van der Waals surface area contributed by atoms with E-state index in [2.05, 4.69) is 22.2 Å². The Morgan fingerprint density at radius 1 is 1.29 bits per heavy atom. The van der Waals surface area contributed by atoms with Crippen LogP contribution < -0.4 is 5.32 Å². The van der Waals surface area contributed by atoms with Crippen molar-refractivity contribution in [1.82, 2.24) is 15.3 Å². The largest absolute Gasteiger partial charge is 0.307 e. The summed E-state index contributed by atoms with van der Waals surface area (Å²) in [5, 5.41) is 3.90. The second-order valence-electron chi connectivity index (χ2n) is 5.07. The smallest absolute Gasteiger partial charge is 0.145 e. The lowest BCUT2D eigenvalue weighted by Crippen LogP contribution is -2.26. The van der Waals surface area contributed by atoms with Crippen molar-refractivity contribution < 1.29 is 4.39 Å². The third-order valence-electron chi connectivity index (χ3n) is 3.19. The zero-order chi connectivity index (χ0) is 15.2. The molecule has 0 aliphatic carbocycles. The maximum atomic E-state index is 13.9. The van der Waals surface area contributed by atoms with Crippen LogP contribution in [0.25, 0.3) is 0 Å². The SMILES string of the molecule is CCCNC(Cc1cc(Cl)ccc1F)c1ncc(C)cn1. The predicted octanol–water partition coefficient (Wildman–Crippen LogP) is 3.86. The number of aryl methyl sites for hydroxylation is 1. The average molecular weight is 308 g/mol. The second-order valence-corrected chi connectivity index (χ2v) is 5.50. The summed E-state index contributed by atoms with van der Waals surface area (Å²) >= 11 is 5.95. The van der Waals surface area contributed by atoms with E-state index in [-0.39, 0.29) is 11.9 Å². The summed E-state index contributed by atoms with van der Waals surface area (Å²) in [6.07, 6.45) is 5.00. The molecule has 1 heterocycles. The molecule has 0 aliphatic rings. The zero-order valence-electron chi connectivity index (χ0n) is 12.2. The van der Waals surface area contributed by atoms with Gasteiger partial charge in [0.15, 0.2) is 0 Å². The van der Waals surface area contributed by atoms with Gasteiger partial charge in [-0.2, -0.15) is 0 Å². The maximum absolute atomic E-state index is 13.9. The number of hydrogen-bond acceptors (Lipinski definition) is 3. The van der Waals surface area contributed by atoms with Gasteiger partial charge in [0.25, 0.3) is 0 Å². The Bertz CT molecular complexity index is 587. The first-order valence-electron chi connectivity index (χ1n) is 7.06. The molecule has 0 saturated heterocycles. The summed E-state index contributed by atoms with van der Waals surface area (Å²) in [7, 11) is 0. The van der Waals surface area contributed by atoms with E-state index >= 15 is 0 Å². The Labute approximate surface area is 129 Å². The van der Waals surface area contributed by atoms with Crippen molar-refractivity contribution in [1.29, 1.82) is 0 Å². The molecule has 21 heavy (non-hydrogen) atoms. The van der Waals surface area contributed by atoms with E-state index in [4.69, 9.17) is 11.6 Å². The summed E-state index contributed by atoms with van der Waals surface area (Å²) in [6, 6.07) is 4.48. The fraction of sp³-hybridized carbons (Fsp3) is 0.375. The van der Waals surface area contributed by atoms with Gasteiger partial charge < -0.3 is 5.32 Å². The molecule has 1 aromatic carbocycles. The van der Waals surface area contributed by atoms with Gasteiger partial charge in [-0.15, -0.1) is 0 Å². The molecule has 0 amide bonds. The van der Waals surface area contributed by atoms with Gasteiger partial charge in [0.2, 0.25) is 0 Å². The highest BCUT2D eigenvalue weighted by atomic mass is 35.5. The minimum atomic E-state index is -0.255. The van der Waals surface area contributed by atoms with Crippen LogP contribution in [0.1, 0.15) is 36.3 Å². The van der Waals surface area contributed by atoms with Gasteiger partial charge in [0.05, 0.1) is 6.04 Å². The van der Waals surface area contributed by atoms with Gasteiger partial charge >= 0.3 is 0 Å². The summed E-state index contributed by atoms with van der Waals surface area (Å²) in [5.41, 5.74) is 1.57. The van der Waals surface area contributed by atoms with E-state index in [9.17, 15) is 4.39 Å². The number of nitrogens with one attached hydrogen (secondary N) is 1. The molecule has 0 aliphatic heterocycles. The lowest BCUT2D eigenvalue weighted by atomic mass is 10.0. The van der Waals surface area contributed by atoms with E-state index in [1.807, 2.05) is 6.92 Å². The fourth-order valence-corrected chi connectivity index (χ4v) is 2.27. The van der Waals surface area contributed by atoms with Crippen molar-refractivity contribution in [2.75, 3.05) is 6.54 Å². The summed E-state index contributed by atoms with van der Waals surface area (Å²) in [6.45, 7) is 4.85. The van der Waals surface area contributed by atoms with Crippen molar-refractivity contribution in [3.05, 3.63) is 58.4 Å². The predicted molar refractivity (Wildman–Crippen MR) is 82.9 cm³/mol. The maximum Gasteiger partial charge on any atom is 0.145 e. The van der Waals surface area contributed by atoms with Crippen LogP contribution >= 0.6 is 11.6 Å². The normalized spacial score (nSPS) is 12.4. The van der Waals surface area contributed by atoms with E-state index < -0.39 is 0 Å².